The third-order valence-corrected chi connectivity index (χ3v) is 13.2. The zero-order valence-corrected chi connectivity index (χ0v) is 29.4. The van der Waals surface area contributed by atoms with Crippen LogP contribution in [0.15, 0.2) is 134 Å². The SMILES string of the molecule is CC1(C)c2ccccc2N2c3c1ccc1c3C3(c4c(ccc5c4N4c6c(cccc6C(C)(C)c6ccc[n+]3c64)-c3ccccc3-5)O1)[n+]1ccccc12. The average Bonchev–Trinajstić information content (AvgIpc) is 3.29. The van der Waals surface area contributed by atoms with E-state index in [-0.39, 0.29) is 10.8 Å². The topological polar surface area (TPSA) is 23.5 Å². The molecule has 1 unspecified atom stereocenters. The van der Waals surface area contributed by atoms with E-state index in [1.54, 1.807) is 0 Å². The lowest BCUT2D eigenvalue weighted by Crippen LogP contribution is -2.80. The van der Waals surface area contributed by atoms with Crippen molar-refractivity contribution in [3.05, 3.63) is 167 Å². The number of para-hydroxylation sites is 2. The molecular weight excluding hydrogens is 637 g/mol. The zero-order valence-electron chi connectivity index (χ0n) is 29.4. The van der Waals surface area contributed by atoms with Crippen LogP contribution in [0.5, 0.6) is 11.5 Å². The van der Waals surface area contributed by atoms with Gasteiger partial charge in [-0.1, -0.05) is 100 Å². The first-order chi connectivity index (χ1) is 25.3. The second kappa shape index (κ2) is 8.46. The van der Waals surface area contributed by atoms with Crippen molar-refractivity contribution in [2.75, 3.05) is 9.80 Å². The molecule has 7 aromatic rings. The monoisotopic (exact) mass is 670 g/mol. The second-order valence-corrected chi connectivity index (χ2v) is 16.2. The Kier molecular flexibility index (Phi) is 4.48. The summed E-state index contributed by atoms with van der Waals surface area (Å²) in [6.07, 6.45) is 4.63. The van der Waals surface area contributed by atoms with E-state index in [1.807, 2.05) is 0 Å². The van der Waals surface area contributed by atoms with E-state index < -0.39 is 5.66 Å². The van der Waals surface area contributed by atoms with Crippen molar-refractivity contribution < 1.29 is 13.9 Å². The lowest BCUT2D eigenvalue weighted by atomic mass is 9.68. The summed E-state index contributed by atoms with van der Waals surface area (Å²) in [6.45, 7) is 9.56. The van der Waals surface area contributed by atoms with Crippen LogP contribution in [0.4, 0.5) is 34.4 Å². The molecule has 6 aliphatic heterocycles. The summed E-state index contributed by atoms with van der Waals surface area (Å²) >= 11 is 0. The molecule has 0 radical (unpaired) electrons. The maximum Gasteiger partial charge on any atom is 0.321 e. The molecule has 5 aromatic carbocycles. The van der Waals surface area contributed by atoms with Crippen LogP contribution < -0.4 is 23.7 Å². The number of pyridine rings is 2. The maximum atomic E-state index is 7.22. The highest BCUT2D eigenvalue weighted by Crippen LogP contribution is 2.68. The highest BCUT2D eigenvalue weighted by Gasteiger charge is 2.69. The molecule has 0 aliphatic carbocycles. The molecule has 0 saturated heterocycles. The highest BCUT2D eigenvalue weighted by molar-refractivity contribution is 6.07. The van der Waals surface area contributed by atoms with Gasteiger partial charge in [-0.05, 0) is 53.6 Å². The quantitative estimate of drug-likeness (QED) is 0.150. The van der Waals surface area contributed by atoms with Crippen molar-refractivity contribution in [3.63, 3.8) is 0 Å². The molecule has 5 heteroatoms. The third kappa shape index (κ3) is 2.69. The molecule has 2 aromatic heterocycles. The van der Waals surface area contributed by atoms with Gasteiger partial charge in [0.25, 0.3) is 11.6 Å². The van der Waals surface area contributed by atoms with E-state index in [9.17, 15) is 0 Å². The van der Waals surface area contributed by atoms with Crippen LogP contribution in [0.1, 0.15) is 61.1 Å². The Balaban J connectivity index is 1.30. The lowest BCUT2D eigenvalue weighted by molar-refractivity contribution is -0.963. The van der Waals surface area contributed by atoms with E-state index in [4.69, 9.17) is 4.74 Å². The fourth-order valence-electron chi connectivity index (χ4n) is 11.0. The number of rotatable bonds is 0. The van der Waals surface area contributed by atoms with Crippen molar-refractivity contribution in [1.82, 2.24) is 0 Å². The molecule has 0 N–H and O–H groups in total. The molecule has 0 bridgehead atoms. The zero-order chi connectivity index (χ0) is 34.5. The Hall–Kier alpha value is -6.20. The van der Waals surface area contributed by atoms with Crippen molar-refractivity contribution >= 4 is 34.4 Å². The van der Waals surface area contributed by atoms with Gasteiger partial charge in [0.05, 0.1) is 18.0 Å². The number of fused-ring (bicyclic) bond motifs is 7. The minimum atomic E-state index is -0.793. The number of aromatic nitrogens is 2. The normalized spacial score (nSPS) is 19.6. The maximum absolute atomic E-state index is 7.22. The predicted octanol–water partition coefficient (Wildman–Crippen LogP) is 10.2. The second-order valence-electron chi connectivity index (χ2n) is 16.2. The van der Waals surface area contributed by atoms with Crippen LogP contribution in [0.3, 0.4) is 0 Å². The smallest absolute Gasteiger partial charge is 0.321 e. The number of benzene rings is 5. The van der Waals surface area contributed by atoms with Crippen LogP contribution in [0, 0.1) is 0 Å². The number of ether oxygens (including phenoxy) is 1. The molecule has 0 amide bonds. The van der Waals surface area contributed by atoms with E-state index in [2.05, 4.69) is 180 Å². The molecule has 6 aliphatic rings. The van der Waals surface area contributed by atoms with Crippen LogP contribution in [-0.2, 0) is 16.5 Å². The highest BCUT2D eigenvalue weighted by atomic mass is 16.5. The molecule has 1 spiro atoms. The summed E-state index contributed by atoms with van der Waals surface area (Å²) in [4.78, 5) is 5.11. The number of nitrogens with zero attached hydrogens (tertiary/aromatic N) is 4. The molecule has 0 saturated carbocycles. The Morgan fingerprint density at radius 1 is 0.462 bits per heavy atom. The van der Waals surface area contributed by atoms with Crippen molar-refractivity contribution in [2.45, 2.75) is 44.2 Å². The van der Waals surface area contributed by atoms with E-state index in [0.29, 0.717) is 0 Å². The Morgan fingerprint density at radius 2 is 1.08 bits per heavy atom. The van der Waals surface area contributed by atoms with Gasteiger partial charge in [-0.3, -0.25) is 0 Å². The Morgan fingerprint density at radius 3 is 1.92 bits per heavy atom. The molecule has 1 atom stereocenters. The number of hydrogen-bond acceptors (Lipinski definition) is 3. The number of anilines is 6. The largest absolute Gasteiger partial charge is 0.456 e. The van der Waals surface area contributed by atoms with Gasteiger partial charge in [0, 0.05) is 44.7 Å². The first-order valence-corrected chi connectivity index (χ1v) is 18.4. The van der Waals surface area contributed by atoms with Gasteiger partial charge < -0.3 is 4.74 Å². The summed E-state index contributed by atoms with van der Waals surface area (Å²) in [5.41, 5.74) is 16.2. The van der Waals surface area contributed by atoms with Gasteiger partial charge in [0.2, 0.25) is 0 Å². The van der Waals surface area contributed by atoms with Crippen LogP contribution >= 0.6 is 0 Å². The summed E-state index contributed by atoms with van der Waals surface area (Å²) in [6, 6.07) is 45.2. The van der Waals surface area contributed by atoms with E-state index in [0.717, 1.165) is 17.3 Å². The molecular formula is C47H34N4O+2. The summed E-state index contributed by atoms with van der Waals surface area (Å²) in [5, 5.41) is 0. The van der Waals surface area contributed by atoms with Gasteiger partial charge >= 0.3 is 5.66 Å². The number of hydrogen-bond donors (Lipinski definition) is 0. The van der Waals surface area contributed by atoms with Gasteiger partial charge in [0.15, 0.2) is 11.4 Å². The van der Waals surface area contributed by atoms with Crippen LogP contribution in [-0.4, -0.2) is 0 Å². The third-order valence-electron chi connectivity index (χ3n) is 13.2. The molecule has 246 valence electrons. The molecule has 8 heterocycles. The van der Waals surface area contributed by atoms with Crippen molar-refractivity contribution in [2.24, 2.45) is 0 Å². The van der Waals surface area contributed by atoms with Crippen molar-refractivity contribution in [3.8, 4) is 33.8 Å². The van der Waals surface area contributed by atoms with Gasteiger partial charge in [0.1, 0.15) is 34.0 Å². The van der Waals surface area contributed by atoms with Gasteiger partial charge in [-0.15, -0.1) is 0 Å². The molecule has 5 nitrogen and oxygen atoms in total. The summed E-state index contributed by atoms with van der Waals surface area (Å²) < 4.78 is 12.4. The first kappa shape index (κ1) is 27.5. The first-order valence-electron chi connectivity index (χ1n) is 18.4. The fourth-order valence-corrected chi connectivity index (χ4v) is 11.0. The van der Waals surface area contributed by atoms with Crippen LogP contribution in [0.2, 0.25) is 0 Å². The Bertz CT molecular complexity index is 2870. The van der Waals surface area contributed by atoms with E-state index in [1.165, 1.54) is 84.2 Å². The minimum absolute atomic E-state index is 0.236. The average molecular weight is 671 g/mol. The minimum Gasteiger partial charge on any atom is -0.456 e. The molecule has 13 rings (SSSR count). The fraction of sp³-hybridized carbons (Fsp3) is 0.149. The summed E-state index contributed by atoms with van der Waals surface area (Å²) in [7, 11) is 0. The van der Waals surface area contributed by atoms with Crippen molar-refractivity contribution in [1.29, 1.82) is 0 Å². The van der Waals surface area contributed by atoms with Gasteiger partial charge in [-0.2, -0.15) is 18.9 Å². The Labute approximate surface area is 302 Å². The van der Waals surface area contributed by atoms with Crippen LogP contribution in [0.25, 0.3) is 22.3 Å². The summed E-state index contributed by atoms with van der Waals surface area (Å²) in [5.74, 6) is 4.13. The van der Waals surface area contributed by atoms with Gasteiger partial charge in [-0.25, -0.2) is 0 Å². The lowest BCUT2D eigenvalue weighted by Gasteiger charge is -2.50. The molecule has 52 heavy (non-hydrogen) atoms. The standard InChI is InChI=1S/C47H34N4O/c1-45(2)31-16-7-8-19-35(31)50-38-20-9-10-25-48(38)47-39-36(52-37-24-22-33(45)43(50)40(37)47)23-21-30-28-14-6-5-13-27(28)29-15-11-17-32-41(29)51(42(30)39)44-34(46(32,3)4)18-12-26-49(44)47/h5-26H,1-4H3/q+2. The van der Waals surface area contributed by atoms with E-state index >= 15 is 0 Å². The predicted molar refractivity (Wildman–Crippen MR) is 203 cm³/mol. The molecule has 0 fully saturated rings.